The average molecular weight is 435 g/mol. The first-order valence-corrected chi connectivity index (χ1v) is 8.68. The summed E-state index contributed by atoms with van der Waals surface area (Å²) in [6.45, 7) is 3.15. The topological polar surface area (TPSA) is 49.6 Å². The maximum Gasteiger partial charge on any atom is 0.227 e. The van der Waals surface area contributed by atoms with E-state index < -0.39 is 0 Å². The fourth-order valence-electron chi connectivity index (χ4n) is 2.98. The van der Waals surface area contributed by atoms with Crippen molar-refractivity contribution < 1.29 is 9.18 Å². The van der Waals surface area contributed by atoms with Crippen molar-refractivity contribution in [3.8, 4) is 0 Å². The number of nitrogens with two attached hydrogens (primary N) is 1. The summed E-state index contributed by atoms with van der Waals surface area (Å²) in [6.07, 6.45) is 0.374. The third kappa shape index (κ3) is 6.25. The number of anilines is 1. The van der Waals surface area contributed by atoms with Crippen molar-refractivity contribution in [2.24, 2.45) is 0 Å². The van der Waals surface area contributed by atoms with E-state index in [9.17, 15) is 9.18 Å². The highest BCUT2D eigenvalue weighted by Gasteiger charge is 2.22. The van der Waals surface area contributed by atoms with Crippen molar-refractivity contribution in [3.05, 3.63) is 64.4 Å². The Morgan fingerprint density at radius 3 is 2.26 bits per heavy atom. The number of carbonyl (C=O) groups excluding carboxylic acids is 1. The molecule has 2 N–H and O–H groups in total. The Morgan fingerprint density at radius 1 is 1.04 bits per heavy atom. The lowest BCUT2D eigenvalue weighted by Crippen LogP contribution is -2.48. The highest BCUT2D eigenvalue weighted by atomic mass is 35.5. The second kappa shape index (κ2) is 10.7. The fraction of sp³-hybridized carbons (Fsp3) is 0.316. The van der Waals surface area contributed by atoms with E-state index >= 15 is 0 Å². The Hall–Kier alpha value is -1.53. The van der Waals surface area contributed by atoms with E-state index in [1.165, 1.54) is 6.07 Å². The van der Waals surface area contributed by atoms with Crippen LogP contribution >= 0.6 is 36.4 Å². The molecule has 2 aromatic carbocycles. The molecular weight excluding hydrogens is 412 g/mol. The first kappa shape index (κ1) is 23.5. The molecule has 3 rings (SSSR count). The summed E-state index contributed by atoms with van der Waals surface area (Å²) in [6, 6.07) is 12.1. The van der Waals surface area contributed by atoms with Crippen molar-refractivity contribution in [1.29, 1.82) is 0 Å². The largest absolute Gasteiger partial charge is 0.399 e. The zero-order chi connectivity index (χ0) is 17.8. The Balaban J connectivity index is 0.00000182. The second-order valence-corrected chi connectivity index (χ2v) is 6.68. The molecule has 0 radical (unpaired) electrons. The molecule has 0 saturated carbocycles. The van der Waals surface area contributed by atoms with Crippen LogP contribution in [0.3, 0.4) is 0 Å². The number of benzene rings is 2. The molecule has 0 unspecified atom stereocenters. The van der Waals surface area contributed by atoms with Crippen LogP contribution in [0.1, 0.15) is 11.1 Å². The molecule has 1 aliphatic rings. The van der Waals surface area contributed by atoms with Crippen LogP contribution in [0.25, 0.3) is 0 Å². The molecule has 1 fully saturated rings. The van der Waals surface area contributed by atoms with E-state index in [1.54, 1.807) is 24.3 Å². The van der Waals surface area contributed by atoms with Gasteiger partial charge in [0.05, 0.1) is 6.42 Å². The quantitative estimate of drug-likeness (QED) is 0.745. The fourth-order valence-corrected chi connectivity index (χ4v) is 3.21. The van der Waals surface area contributed by atoms with E-state index in [0.717, 1.165) is 5.56 Å². The standard InChI is InChI=1S/C19H21ClFN3O.2ClH/c20-17-2-1-3-18(21)16(17)13-23-8-10-24(11-9-23)19(25)12-14-4-6-15(22)7-5-14;;/h1-7H,8-13,22H2;2*1H. The minimum Gasteiger partial charge on any atom is -0.399 e. The van der Waals surface area contributed by atoms with Crippen LogP contribution in [0.5, 0.6) is 0 Å². The molecule has 0 aromatic heterocycles. The lowest BCUT2D eigenvalue weighted by molar-refractivity contribution is -0.132. The molecule has 27 heavy (non-hydrogen) atoms. The van der Waals surface area contributed by atoms with Crippen LogP contribution in [0.15, 0.2) is 42.5 Å². The third-order valence-corrected chi connectivity index (χ3v) is 4.86. The molecule has 0 aliphatic carbocycles. The van der Waals surface area contributed by atoms with Crippen LogP contribution in [0, 0.1) is 5.82 Å². The molecule has 1 heterocycles. The molecule has 0 spiro atoms. The average Bonchev–Trinajstić information content (AvgIpc) is 2.61. The monoisotopic (exact) mass is 433 g/mol. The number of rotatable bonds is 4. The summed E-state index contributed by atoms with van der Waals surface area (Å²) in [5.41, 5.74) is 7.83. The molecule has 1 aliphatic heterocycles. The summed E-state index contributed by atoms with van der Waals surface area (Å²) < 4.78 is 13.9. The molecule has 148 valence electrons. The molecule has 2 aromatic rings. The van der Waals surface area contributed by atoms with Gasteiger partial charge in [-0.1, -0.05) is 29.8 Å². The van der Waals surface area contributed by atoms with Crippen LogP contribution in [-0.4, -0.2) is 41.9 Å². The first-order valence-electron chi connectivity index (χ1n) is 8.30. The summed E-state index contributed by atoms with van der Waals surface area (Å²) in [5.74, 6) is -0.178. The van der Waals surface area contributed by atoms with Gasteiger partial charge in [0.2, 0.25) is 5.91 Å². The Morgan fingerprint density at radius 2 is 1.67 bits per heavy atom. The summed E-state index contributed by atoms with van der Waals surface area (Å²) in [4.78, 5) is 16.4. The summed E-state index contributed by atoms with van der Waals surface area (Å²) in [7, 11) is 0. The third-order valence-electron chi connectivity index (χ3n) is 4.50. The van der Waals surface area contributed by atoms with Gasteiger partial charge >= 0.3 is 0 Å². The minimum absolute atomic E-state index is 0. The molecule has 0 atom stereocenters. The Labute approximate surface area is 176 Å². The first-order chi connectivity index (χ1) is 12.0. The number of carbonyl (C=O) groups is 1. The normalized spacial score (nSPS) is 14.2. The minimum atomic E-state index is -0.283. The van der Waals surface area contributed by atoms with Crippen LogP contribution in [0.2, 0.25) is 5.02 Å². The van der Waals surface area contributed by atoms with Crippen molar-refractivity contribution >= 4 is 48.0 Å². The molecule has 1 amide bonds. The van der Waals surface area contributed by atoms with Crippen LogP contribution in [-0.2, 0) is 17.8 Å². The predicted molar refractivity (Wildman–Crippen MR) is 112 cm³/mol. The van der Waals surface area contributed by atoms with Gasteiger partial charge in [0.25, 0.3) is 0 Å². The van der Waals surface area contributed by atoms with E-state index in [-0.39, 0.29) is 36.5 Å². The van der Waals surface area contributed by atoms with Gasteiger partial charge in [-0.3, -0.25) is 9.69 Å². The number of piperazine rings is 1. The number of nitrogen functional groups attached to an aromatic ring is 1. The number of hydrogen-bond donors (Lipinski definition) is 1. The molecule has 0 bridgehead atoms. The van der Waals surface area contributed by atoms with Gasteiger partial charge in [-0.15, -0.1) is 24.8 Å². The van der Waals surface area contributed by atoms with E-state index in [4.69, 9.17) is 17.3 Å². The Kier molecular flexibility index (Phi) is 9.33. The highest BCUT2D eigenvalue weighted by molar-refractivity contribution is 6.31. The molecule has 8 heteroatoms. The highest BCUT2D eigenvalue weighted by Crippen LogP contribution is 2.21. The summed E-state index contributed by atoms with van der Waals surface area (Å²) >= 11 is 6.09. The lowest BCUT2D eigenvalue weighted by Gasteiger charge is -2.35. The smallest absolute Gasteiger partial charge is 0.227 e. The number of halogens is 4. The SMILES string of the molecule is Cl.Cl.Nc1ccc(CC(=O)N2CCN(Cc3c(F)cccc3Cl)CC2)cc1. The van der Waals surface area contributed by atoms with Gasteiger partial charge < -0.3 is 10.6 Å². The Bertz CT molecular complexity index is 730. The van der Waals surface area contributed by atoms with Crippen LogP contribution < -0.4 is 5.73 Å². The number of nitrogens with zero attached hydrogens (tertiary/aromatic N) is 2. The number of amides is 1. The zero-order valence-electron chi connectivity index (χ0n) is 14.7. The molecular formula is C19H23Cl3FN3O. The van der Waals surface area contributed by atoms with E-state index in [0.29, 0.717) is 55.4 Å². The van der Waals surface area contributed by atoms with Gasteiger partial charge in [0.1, 0.15) is 5.82 Å². The van der Waals surface area contributed by atoms with Crippen LogP contribution in [0.4, 0.5) is 10.1 Å². The maximum atomic E-state index is 13.9. The van der Waals surface area contributed by atoms with Gasteiger partial charge in [-0.2, -0.15) is 0 Å². The van der Waals surface area contributed by atoms with Gasteiger partial charge in [-0.25, -0.2) is 4.39 Å². The summed E-state index contributed by atoms with van der Waals surface area (Å²) in [5, 5.41) is 0.446. The van der Waals surface area contributed by atoms with E-state index in [2.05, 4.69) is 4.90 Å². The van der Waals surface area contributed by atoms with Crippen molar-refractivity contribution in [1.82, 2.24) is 9.80 Å². The lowest BCUT2D eigenvalue weighted by atomic mass is 10.1. The molecule has 1 saturated heterocycles. The second-order valence-electron chi connectivity index (χ2n) is 6.28. The van der Waals surface area contributed by atoms with Gasteiger partial charge in [-0.05, 0) is 29.8 Å². The van der Waals surface area contributed by atoms with Crippen molar-refractivity contribution in [2.75, 3.05) is 31.9 Å². The van der Waals surface area contributed by atoms with Crippen molar-refractivity contribution in [2.45, 2.75) is 13.0 Å². The number of hydrogen-bond acceptors (Lipinski definition) is 3. The maximum absolute atomic E-state index is 13.9. The zero-order valence-corrected chi connectivity index (χ0v) is 17.1. The van der Waals surface area contributed by atoms with Crippen molar-refractivity contribution in [3.63, 3.8) is 0 Å². The van der Waals surface area contributed by atoms with E-state index in [1.807, 2.05) is 17.0 Å². The predicted octanol–water partition coefficient (Wildman–Crippen LogP) is 3.79. The molecule has 4 nitrogen and oxygen atoms in total. The van der Waals surface area contributed by atoms with Gasteiger partial charge in [0.15, 0.2) is 0 Å². The van der Waals surface area contributed by atoms with Gasteiger partial charge in [0, 0.05) is 49.0 Å².